The Kier molecular flexibility index (Phi) is 7.37. The topological polar surface area (TPSA) is 55.7 Å². The van der Waals surface area contributed by atoms with Gasteiger partial charge in [0.25, 0.3) is 0 Å². The van der Waals surface area contributed by atoms with E-state index in [9.17, 15) is 13.2 Å². The van der Waals surface area contributed by atoms with Gasteiger partial charge in [0.1, 0.15) is 12.4 Å². The van der Waals surface area contributed by atoms with Crippen molar-refractivity contribution in [3.8, 4) is 11.5 Å². The van der Waals surface area contributed by atoms with E-state index in [0.717, 1.165) is 32.5 Å². The highest BCUT2D eigenvalue weighted by atomic mass is 127. The standard InChI is InChI=1S/C22H19F3IN3O2/c1-14-4-3-5-15(8-14)13-31-21-18(26)9-16(10-19(21)30-2)11-28-29-20-7-6-17(12-27-20)22(23,24)25/h3-12H,13H2,1-2H3,(H,27,29)/b28-11-. The minimum absolute atomic E-state index is 0.198. The maximum atomic E-state index is 12.6. The zero-order valence-corrected chi connectivity index (χ0v) is 18.9. The van der Waals surface area contributed by atoms with Crippen molar-refractivity contribution in [2.45, 2.75) is 19.7 Å². The van der Waals surface area contributed by atoms with E-state index in [1.807, 2.05) is 31.2 Å². The van der Waals surface area contributed by atoms with Gasteiger partial charge in [-0.1, -0.05) is 29.8 Å². The molecule has 0 saturated heterocycles. The van der Waals surface area contributed by atoms with Gasteiger partial charge in [0.15, 0.2) is 11.5 Å². The number of alkyl halides is 3. The molecule has 9 heteroatoms. The lowest BCUT2D eigenvalue weighted by Crippen LogP contribution is -2.05. The fourth-order valence-corrected chi connectivity index (χ4v) is 3.49. The molecule has 0 radical (unpaired) electrons. The zero-order valence-electron chi connectivity index (χ0n) is 16.7. The van der Waals surface area contributed by atoms with Gasteiger partial charge >= 0.3 is 6.18 Å². The number of anilines is 1. The number of aromatic nitrogens is 1. The maximum absolute atomic E-state index is 12.6. The van der Waals surface area contributed by atoms with E-state index in [0.29, 0.717) is 18.1 Å². The Hall–Kier alpha value is -2.82. The third-order valence-corrected chi connectivity index (χ3v) is 5.00. The zero-order chi connectivity index (χ0) is 22.4. The minimum atomic E-state index is -4.43. The molecule has 0 aliphatic carbocycles. The van der Waals surface area contributed by atoms with E-state index in [-0.39, 0.29) is 5.82 Å². The van der Waals surface area contributed by atoms with Crippen LogP contribution in [0.3, 0.4) is 0 Å². The van der Waals surface area contributed by atoms with Gasteiger partial charge in [-0.2, -0.15) is 18.3 Å². The molecule has 0 amide bonds. The minimum Gasteiger partial charge on any atom is -0.493 e. The Morgan fingerprint density at radius 2 is 1.97 bits per heavy atom. The molecule has 3 rings (SSSR count). The summed E-state index contributed by atoms with van der Waals surface area (Å²) < 4.78 is 50.0. The monoisotopic (exact) mass is 541 g/mol. The molecule has 3 aromatic rings. The summed E-state index contributed by atoms with van der Waals surface area (Å²) >= 11 is 2.15. The number of methoxy groups -OCH3 is 1. The van der Waals surface area contributed by atoms with Crippen molar-refractivity contribution >= 4 is 34.6 Å². The Balaban J connectivity index is 1.69. The molecule has 1 aromatic heterocycles. The van der Waals surface area contributed by atoms with Crippen molar-refractivity contribution in [2.24, 2.45) is 5.10 Å². The molecule has 5 nitrogen and oxygen atoms in total. The van der Waals surface area contributed by atoms with Crippen LogP contribution in [0, 0.1) is 10.5 Å². The molecule has 162 valence electrons. The first-order valence-corrected chi connectivity index (χ1v) is 10.2. The van der Waals surface area contributed by atoms with Gasteiger partial charge in [0.05, 0.1) is 22.5 Å². The van der Waals surface area contributed by atoms with Gasteiger partial charge in [-0.15, -0.1) is 0 Å². The molecule has 0 aliphatic heterocycles. The lowest BCUT2D eigenvalue weighted by Gasteiger charge is -2.14. The molecular formula is C22H19F3IN3O2. The van der Waals surface area contributed by atoms with E-state index < -0.39 is 11.7 Å². The Morgan fingerprint density at radius 1 is 1.16 bits per heavy atom. The smallest absolute Gasteiger partial charge is 0.417 e. The van der Waals surface area contributed by atoms with E-state index in [2.05, 4.69) is 44.2 Å². The average molecular weight is 541 g/mol. The number of ether oxygens (including phenoxy) is 2. The van der Waals surface area contributed by atoms with Crippen LogP contribution in [0.15, 0.2) is 59.8 Å². The Bertz CT molecular complexity index is 1070. The van der Waals surface area contributed by atoms with E-state index in [1.165, 1.54) is 12.3 Å². The summed E-state index contributed by atoms with van der Waals surface area (Å²) in [5.74, 6) is 1.37. The van der Waals surface area contributed by atoms with Crippen LogP contribution in [0.1, 0.15) is 22.3 Å². The first kappa shape index (κ1) is 22.9. The van der Waals surface area contributed by atoms with Crippen LogP contribution in [0.2, 0.25) is 0 Å². The van der Waals surface area contributed by atoms with Crippen molar-refractivity contribution in [1.29, 1.82) is 0 Å². The fraction of sp³-hybridized carbons (Fsp3) is 0.182. The molecule has 1 heterocycles. The average Bonchev–Trinajstić information content (AvgIpc) is 2.72. The summed E-state index contributed by atoms with van der Waals surface area (Å²) in [6, 6.07) is 13.8. The number of nitrogens with zero attached hydrogens (tertiary/aromatic N) is 2. The summed E-state index contributed by atoms with van der Waals surface area (Å²) in [5.41, 5.74) is 4.73. The molecule has 0 fully saturated rings. The first-order chi connectivity index (χ1) is 14.8. The normalized spacial score (nSPS) is 11.5. The molecule has 31 heavy (non-hydrogen) atoms. The lowest BCUT2D eigenvalue weighted by atomic mass is 10.1. The number of halogens is 4. The molecule has 0 aliphatic rings. The van der Waals surface area contributed by atoms with Crippen molar-refractivity contribution in [1.82, 2.24) is 4.98 Å². The molecular weight excluding hydrogens is 522 g/mol. The van der Waals surface area contributed by atoms with Crippen LogP contribution in [-0.4, -0.2) is 18.3 Å². The van der Waals surface area contributed by atoms with Gasteiger partial charge in [-0.25, -0.2) is 4.98 Å². The van der Waals surface area contributed by atoms with Crippen LogP contribution >= 0.6 is 22.6 Å². The SMILES string of the molecule is COc1cc(/C=N\Nc2ccc(C(F)(F)F)cn2)cc(I)c1OCc1cccc(C)c1. The fourth-order valence-electron chi connectivity index (χ4n) is 2.71. The maximum Gasteiger partial charge on any atom is 0.417 e. The van der Waals surface area contributed by atoms with Crippen LogP contribution < -0.4 is 14.9 Å². The van der Waals surface area contributed by atoms with Gasteiger partial charge in [0, 0.05) is 6.20 Å². The van der Waals surface area contributed by atoms with Crippen LogP contribution in [-0.2, 0) is 12.8 Å². The number of aryl methyl sites for hydroxylation is 1. The predicted molar refractivity (Wildman–Crippen MR) is 122 cm³/mol. The molecule has 0 unspecified atom stereocenters. The lowest BCUT2D eigenvalue weighted by molar-refractivity contribution is -0.137. The molecule has 2 aromatic carbocycles. The first-order valence-electron chi connectivity index (χ1n) is 9.14. The number of hydrazone groups is 1. The largest absolute Gasteiger partial charge is 0.493 e. The summed E-state index contributed by atoms with van der Waals surface area (Å²) in [6.07, 6.45) is -2.15. The van der Waals surface area contributed by atoms with Gasteiger partial charge in [-0.05, 0) is 64.9 Å². The van der Waals surface area contributed by atoms with Crippen LogP contribution in [0.5, 0.6) is 11.5 Å². The second kappa shape index (κ2) is 9.99. The highest BCUT2D eigenvalue weighted by Gasteiger charge is 2.30. The third kappa shape index (κ3) is 6.33. The third-order valence-electron chi connectivity index (χ3n) is 4.20. The number of hydrogen-bond donors (Lipinski definition) is 1. The highest BCUT2D eigenvalue weighted by molar-refractivity contribution is 14.1. The number of pyridine rings is 1. The Labute approximate surface area is 191 Å². The summed E-state index contributed by atoms with van der Waals surface area (Å²) in [7, 11) is 1.55. The quantitative estimate of drug-likeness (QED) is 0.225. The predicted octanol–water partition coefficient (Wildman–Crippen LogP) is 6.05. The van der Waals surface area contributed by atoms with Crippen molar-refractivity contribution in [3.05, 3.63) is 80.6 Å². The van der Waals surface area contributed by atoms with E-state index in [1.54, 1.807) is 13.2 Å². The second-order valence-corrected chi connectivity index (χ2v) is 7.77. The molecule has 0 saturated carbocycles. The van der Waals surface area contributed by atoms with Crippen molar-refractivity contribution in [3.63, 3.8) is 0 Å². The summed E-state index contributed by atoms with van der Waals surface area (Å²) in [4.78, 5) is 3.71. The van der Waals surface area contributed by atoms with Gasteiger partial charge in [0.2, 0.25) is 0 Å². The van der Waals surface area contributed by atoms with E-state index in [4.69, 9.17) is 9.47 Å². The van der Waals surface area contributed by atoms with Gasteiger partial charge < -0.3 is 9.47 Å². The Morgan fingerprint density at radius 3 is 2.61 bits per heavy atom. The van der Waals surface area contributed by atoms with Gasteiger partial charge in [-0.3, -0.25) is 5.43 Å². The number of hydrogen-bond acceptors (Lipinski definition) is 5. The van der Waals surface area contributed by atoms with Crippen LogP contribution in [0.25, 0.3) is 0 Å². The molecule has 0 bridgehead atoms. The van der Waals surface area contributed by atoms with Crippen LogP contribution in [0.4, 0.5) is 19.0 Å². The van der Waals surface area contributed by atoms with Crippen molar-refractivity contribution in [2.75, 3.05) is 12.5 Å². The number of rotatable bonds is 7. The second-order valence-electron chi connectivity index (χ2n) is 6.61. The molecule has 1 N–H and O–H groups in total. The number of benzene rings is 2. The van der Waals surface area contributed by atoms with Crippen molar-refractivity contribution < 1.29 is 22.6 Å². The summed E-state index contributed by atoms with van der Waals surface area (Å²) in [5, 5.41) is 4.03. The molecule has 0 spiro atoms. The molecule has 0 atom stereocenters. The summed E-state index contributed by atoms with van der Waals surface area (Å²) in [6.45, 7) is 2.43. The number of nitrogens with one attached hydrogen (secondary N) is 1. The van der Waals surface area contributed by atoms with E-state index >= 15 is 0 Å². The highest BCUT2D eigenvalue weighted by Crippen LogP contribution is 2.34.